The third-order valence-corrected chi connectivity index (χ3v) is 1.72. The minimum atomic E-state index is -0.412. The fourth-order valence-corrected chi connectivity index (χ4v) is 1.11. The second kappa shape index (κ2) is 8.23. The fraction of sp³-hybridized carbons (Fsp3) is 0.800. The maximum absolute atomic E-state index is 11.3. The monoisotopic (exact) mass is 217 g/mol. The lowest BCUT2D eigenvalue weighted by Gasteiger charge is -2.09. The zero-order valence-corrected chi connectivity index (χ0v) is 9.54. The van der Waals surface area contributed by atoms with Crippen molar-refractivity contribution < 1.29 is 19.1 Å². The van der Waals surface area contributed by atoms with Gasteiger partial charge in [0, 0.05) is 20.1 Å². The van der Waals surface area contributed by atoms with Gasteiger partial charge in [0.25, 0.3) is 0 Å². The summed E-state index contributed by atoms with van der Waals surface area (Å²) in [6.45, 7) is 4.43. The van der Waals surface area contributed by atoms with Crippen molar-refractivity contribution in [3.63, 3.8) is 0 Å². The van der Waals surface area contributed by atoms with E-state index in [-0.39, 0.29) is 18.4 Å². The molecule has 1 unspecified atom stereocenters. The first-order chi connectivity index (χ1) is 7.10. The van der Waals surface area contributed by atoms with Gasteiger partial charge in [-0.15, -0.1) is 0 Å². The van der Waals surface area contributed by atoms with Crippen LogP contribution in [0.4, 0.5) is 0 Å². The highest BCUT2D eigenvalue weighted by molar-refractivity contribution is 5.81. The Morgan fingerprint density at radius 1 is 1.40 bits per heavy atom. The van der Waals surface area contributed by atoms with E-state index >= 15 is 0 Å². The molecule has 0 radical (unpaired) electrons. The van der Waals surface area contributed by atoms with Crippen LogP contribution in [0.5, 0.6) is 0 Å². The standard InChI is InChI=1S/C10H19NO4/c1-4-15-10(13)6-11-9(12)5-8(2)7-14-3/h8H,4-7H2,1-3H3,(H,11,12). The van der Waals surface area contributed by atoms with Crippen LogP contribution in [0.15, 0.2) is 0 Å². The summed E-state index contributed by atoms with van der Waals surface area (Å²) < 4.78 is 9.56. The SMILES string of the molecule is CCOC(=O)CNC(=O)CC(C)COC. The highest BCUT2D eigenvalue weighted by atomic mass is 16.5. The smallest absolute Gasteiger partial charge is 0.325 e. The second-order valence-electron chi connectivity index (χ2n) is 3.35. The van der Waals surface area contributed by atoms with Crippen LogP contribution in [-0.2, 0) is 19.1 Å². The highest BCUT2D eigenvalue weighted by Gasteiger charge is 2.10. The van der Waals surface area contributed by atoms with E-state index in [4.69, 9.17) is 4.74 Å². The number of amides is 1. The summed E-state index contributed by atoms with van der Waals surface area (Å²) in [6, 6.07) is 0. The summed E-state index contributed by atoms with van der Waals surface area (Å²) >= 11 is 0. The topological polar surface area (TPSA) is 64.6 Å². The van der Waals surface area contributed by atoms with Gasteiger partial charge in [-0.1, -0.05) is 6.92 Å². The van der Waals surface area contributed by atoms with Crippen LogP contribution in [0.2, 0.25) is 0 Å². The van der Waals surface area contributed by atoms with Crippen LogP contribution in [-0.4, -0.2) is 38.7 Å². The molecule has 0 fully saturated rings. The van der Waals surface area contributed by atoms with Gasteiger partial charge in [-0.2, -0.15) is 0 Å². The molecule has 0 aromatic rings. The molecule has 15 heavy (non-hydrogen) atoms. The van der Waals surface area contributed by atoms with Gasteiger partial charge >= 0.3 is 5.97 Å². The second-order valence-corrected chi connectivity index (χ2v) is 3.35. The Balaban J connectivity index is 3.61. The zero-order valence-electron chi connectivity index (χ0n) is 9.54. The minimum absolute atomic E-state index is 0.0631. The normalized spacial score (nSPS) is 11.9. The molecule has 0 aromatic heterocycles. The number of esters is 1. The molecule has 0 aromatic carbocycles. The maximum atomic E-state index is 11.3. The number of carbonyl (C=O) groups is 2. The number of ether oxygens (including phenoxy) is 2. The van der Waals surface area contributed by atoms with Gasteiger partial charge in [0.1, 0.15) is 6.54 Å². The molecule has 5 nitrogen and oxygen atoms in total. The summed E-state index contributed by atoms with van der Waals surface area (Å²) in [5.41, 5.74) is 0. The molecule has 0 saturated heterocycles. The van der Waals surface area contributed by atoms with Crippen molar-refractivity contribution in [2.75, 3.05) is 26.9 Å². The van der Waals surface area contributed by atoms with Gasteiger partial charge < -0.3 is 14.8 Å². The third kappa shape index (κ3) is 7.93. The lowest BCUT2D eigenvalue weighted by molar-refractivity contribution is -0.143. The van der Waals surface area contributed by atoms with Crippen LogP contribution >= 0.6 is 0 Å². The molecule has 1 amide bonds. The van der Waals surface area contributed by atoms with E-state index in [2.05, 4.69) is 10.1 Å². The van der Waals surface area contributed by atoms with Crippen molar-refractivity contribution in [2.24, 2.45) is 5.92 Å². The predicted octanol–water partition coefficient (Wildman–Crippen LogP) is 0.338. The number of rotatable bonds is 7. The molecule has 1 N–H and O–H groups in total. The van der Waals surface area contributed by atoms with Crippen molar-refractivity contribution >= 4 is 11.9 Å². The molecule has 0 aliphatic heterocycles. The van der Waals surface area contributed by atoms with E-state index in [1.807, 2.05) is 6.92 Å². The van der Waals surface area contributed by atoms with Gasteiger partial charge in [0.05, 0.1) is 6.61 Å². The van der Waals surface area contributed by atoms with E-state index in [1.165, 1.54) is 0 Å². The molecule has 0 saturated carbocycles. The molecule has 0 aliphatic carbocycles. The van der Waals surface area contributed by atoms with E-state index in [9.17, 15) is 9.59 Å². The fourth-order valence-electron chi connectivity index (χ4n) is 1.11. The molecule has 88 valence electrons. The Labute approximate surface area is 90.1 Å². The average Bonchev–Trinajstić information content (AvgIpc) is 2.15. The van der Waals surface area contributed by atoms with E-state index in [1.54, 1.807) is 14.0 Å². The number of hydrogen-bond donors (Lipinski definition) is 1. The first-order valence-electron chi connectivity index (χ1n) is 5.01. The maximum Gasteiger partial charge on any atom is 0.325 e. The van der Waals surface area contributed by atoms with Gasteiger partial charge in [-0.05, 0) is 12.8 Å². The first kappa shape index (κ1) is 13.9. The molecular weight excluding hydrogens is 198 g/mol. The van der Waals surface area contributed by atoms with Crippen LogP contribution in [0, 0.1) is 5.92 Å². The number of carbonyl (C=O) groups excluding carboxylic acids is 2. The van der Waals surface area contributed by atoms with Gasteiger partial charge in [0.2, 0.25) is 5.91 Å². The summed E-state index contributed by atoms with van der Waals surface area (Å²) in [5.74, 6) is -0.421. The van der Waals surface area contributed by atoms with Crippen molar-refractivity contribution in [3.05, 3.63) is 0 Å². The summed E-state index contributed by atoms with van der Waals surface area (Å²) in [6.07, 6.45) is 0.354. The third-order valence-electron chi connectivity index (χ3n) is 1.72. The average molecular weight is 217 g/mol. The summed E-state index contributed by atoms with van der Waals surface area (Å²) in [4.78, 5) is 22.2. The van der Waals surface area contributed by atoms with Crippen LogP contribution in [0.1, 0.15) is 20.3 Å². The van der Waals surface area contributed by atoms with Gasteiger partial charge in [-0.3, -0.25) is 9.59 Å². The van der Waals surface area contributed by atoms with Gasteiger partial charge in [-0.25, -0.2) is 0 Å². The molecule has 0 rings (SSSR count). The van der Waals surface area contributed by atoms with Crippen LogP contribution in [0.3, 0.4) is 0 Å². The quantitative estimate of drug-likeness (QED) is 0.624. The number of nitrogens with one attached hydrogen (secondary N) is 1. The van der Waals surface area contributed by atoms with Crippen molar-refractivity contribution in [2.45, 2.75) is 20.3 Å². The lowest BCUT2D eigenvalue weighted by atomic mass is 10.1. The lowest BCUT2D eigenvalue weighted by Crippen LogP contribution is -2.32. The molecule has 0 spiro atoms. The Kier molecular flexibility index (Phi) is 7.62. The minimum Gasteiger partial charge on any atom is -0.465 e. The van der Waals surface area contributed by atoms with Crippen LogP contribution in [0.25, 0.3) is 0 Å². The van der Waals surface area contributed by atoms with E-state index in [0.717, 1.165) is 0 Å². The van der Waals surface area contributed by atoms with E-state index < -0.39 is 5.97 Å². The number of hydrogen-bond acceptors (Lipinski definition) is 4. The molecular formula is C10H19NO4. The summed E-state index contributed by atoms with van der Waals surface area (Å²) in [7, 11) is 1.59. The predicted molar refractivity (Wildman–Crippen MR) is 55.3 cm³/mol. The molecule has 5 heteroatoms. The molecule has 1 atom stereocenters. The molecule has 0 heterocycles. The largest absolute Gasteiger partial charge is 0.465 e. The Bertz CT molecular complexity index is 206. The van der Waals surface area contributed by atoms with Crippen molar-refractivity contribution in [3.8, 4) is 0 Å². The van der Waals surface area contributed by atoms with Gasteiger partial charge in [0.15, 0.2) is 0 Å². The molecule has 0 bridgehead atoms. The Morgan fingerprint density at radius 3 is 2.60 bits per heavy atom. The van der Waals surface area contributed by atoms with Crippen molar-refractivity contribution in [1.82, 2.24) is 5.32 Å². The highest BCUT2D eigenvalue weighted by Crippen LogP contribution is 2.00. The Morgan fingerprint density at radius 2 is 2.07 bits per heavy atom. The zero-order chi connectivity index (χ0) is 11.7. The first-order valence-corrected chi connectivity index (χ1v) is 5.01. The number of methoxy groups -OCH3 is 1. The van der Waals surface area contributed by atoms with E-state index in [0.29, 0.717) is 19.6 Å². The molecule has 0 aliphatic rings. The van der Waals surface area contributed by atoms with Crippen LogP contribution < -0.4 is 5.32 Å². The summed E-state index contributed by atoms with van der Waals surface area (Å²) in [5, 5.41) is 2.49. The Hall–Kier alpha value is -1.10. The van der Waals surface area contributed by atoms with Crippen molar-refractivity contribution in [1.29, 1.82) is 0 Å².